The zero-order valence-corrected chi connectivity index (χ0v) is 12.5. The highest BCUT2D eigenvalue weighted by molar-refractivity contribution is 5.74. The van der Waals surface area contributed by atoms with Crippen molar-refractivity contribution in [3.63, 3.8) is 0 Å². The highest BCUT2D eigenvalue weighted by Gasteiger charge is 2.29. The van der Waals surface area contributed by atoms with Crippen LogP contribution in [0.5, 0.6) is 0 Å². The Hall–Kier alpha value is -0.810. The average molecular weight is 284 g/mol. The van der Waals surface area contributed by atoms with Crippen molar-refractivity contribution < 1.29 is 14.6 Å². The first-order valence-electron chi connectivity index (χ1n) is 7.98. The van der Waals surface area contributed by atoms with Gasteiger partial charge in [-0.2, -0.15) is 0 Å². The van der Waals surface area contributed by atoms with E-state index in [2.05, 4.69) is 5.32 Å². The Kier molecular flexibility index (Phi) is 6.10. The number of nitrogens with zero attached hydrogens (tertiary/aromatic N) is 1. The fourth-order valence-electron chi connectivity index (χ4n) is 3.18. The van der Waals surface area contributed by atoms with E-state index < -0.39 is 0 Å². The van der Waals surface area contributed by atoms with Crippen molar-refractivity contribution in [3.05, 3.63) is 0 Å². The van der Waals surface area contributed by atoms with E-state index in [0.717, 1.165) is 51.8 Å². The number of likely N-dealkylation sites (tertiary alicyclic amines) is 1. The quantitative estimate of drug-likeness (QED) is 0.779. The summed E-state index contributed by atoms with van der Waals surface area (Å²) in [7, 11) is 0. The summed E-state index contributed by atoms with van der Waals surface area (Å²) in [5, 5.41) is 12.2. The molecule has 1 saturated heterocycles. The van der Waals surface area contributed by atoms with Crippen LogP contribution in [0.15, 0.2) is 0 Å². The van der Waals surface area contributed by atoms with Crippen LogP contribution in [0.3, 0.4) is 0 Å². The van der Waals surface area contributed by atoms with Crippen molar-refractivity contribution in [1.29, 1.82) is 0 Å². The van der Waals surface area contributed by atoms with Crippen LogP contribution in [0.2, 0.25) is 0 Å². The number of hydrogen-bond acceptors (Lipinski definition) is 3. The highest BCUT2D eigenvalue weighted by atomic mass is 16.5. The zero-order valence-electron chi connectivity index (χ0n) is 12.5. The molecule has 2 N–H and O–H groups in total. The Morgan fingerprint density at radius 3 is 2.90 bits per heavy atom. The van der Waals surface area contributed by atoms with Crippen LogP contribution in [-0.2, 0) is 4.74 Å². The molecular weight excluding hydrogens is 256 g/mol. The van der Waals surface area contributed by atoms with Gasteiger partial charge in [0.25, 0.3) is 0 Å². The summed E-state index contributed by atoms with van der Waals surface area (Å²) >= 11 is 0. The zero-order chi connectivity index (χ0) is 14.4. The number of aliphatic hydroxyl groups excluding tert-OH is 1. The number of amides is 2. The maximum absolute atomic E-state index is 12.0. The summed E-state index contributed by atoms with van der Waals surface area (Å²) in [6.45, 7) is 5.28. The molecule has 0 radical (unpaired) electrons. The maximum Gasteiger partial charge on any atom is 0.317 e. The summed E-state index contributed by atoms with van der Waals surface area (Å²) in [5.41, 5.74) is 0. The largest absolute Gasteiger partial charge is 0.396 e. The molecule has 5 heteroatoms. The molecule has 0 aromatic heterocycles. The number of aliphatic hydroxyl groups is 1. The first kappa shape index (κ1) is 15.6. The predicted octanol–water partition coefficient (Wildman–Crippen LogP) is 1.61. The van der Waals surface area contributed by atoms with Gasteiger partial charge in [0.2, 0.25) is 0 Å². The molecule has 2 fully saturated rings. The van der Waals surface area contributed by atoms with E-state index in [1.165, 1.54) is 0 Å². The molecule has 2 aliphatic rings. The number of carbonyl (C=O) groups excluding carboxylic acids is 1. The lowest BCUT2D eigenvalue weighted by atomic mass is 9.80. The van der Waals surface area contributed by atoms with Crippen LogP contribution in [0.1, 0.15) is 39.0 Å². The third-order valence-electron chi connectivity index (χ3n) is 4.49. The van der Waals surface area contributed by atoms with Gasteiger partial charge in [0, 0.05) is 32.8 Å². The second-order valence-electron chi connectivity index (χ2n) is 6.07. The van der Waals surface area contributed by atoms with Crippen molar-refractivity contribution in [2.45, 2.75) is 45.1 Å². The van der Waals surface area contributed by atoms with Gasteiger partial charge in [0.05, 0.1) is 6.10 Å². The van der Waals surface area contributed by atoms with Crippen LogP contribution in [-0.4, -0.2) is 55.0 Å². The number of carbonyl (C=O) groups is 1. The van der Waals surface area contributed by atoms with Crippen LogP contribution >= 0.6 is 0 Å². The van der Waals surface area contributed by atoms with Gasteiger partial charge in [-0.05, 0) is 50.9 Å². The van der Waals surface area contributed by atoms with E-state index in [0.29, 0.717) is 18.6 Å². The van der Waals surface area contributed by atoms with E-state index in [1.54, 1.807) is 0 Å². The summed E-state index contributed by atoms with van der Waals surface area (Å²) in [6, 6.07) is 0.0313. The van der Waals surface area contributed by atoms with Crippen molar-refractivity contribution in [3.8, 4) is 0 Å². The minimum Gasteiger partial charge on any atom is -0.396 e. The van der Waals surface area contributed by atoms with Gasteiger partial charge in [0.1, 0.15) is 0 Å². The molecule has 20 heavy (non-hydrogen) atoms. The van der Waals surface area contributed by atoms with Gasteiger partial charge < -0.3 is 20.1 Å². The number of ether oxygens (including phenoxy) is 1. The molecule has 0 unspecified atom stereocenters. The van der Waals surface area contributed by atoms with Crippen molar-refractivity contribution in [2.75, 3.05) is 32.8 Å². The lowest BCUT2D eigenvalue weighted by Gasteiger charge is -2.35. The lowest BCUT2D eigenvalue weighted by molar-refractivity contribution is -0.0261. The minimum absolute atomic E-state index is 0.0313. The molecule has 2 amide bonds. The van der Waals surface area contributed by atoms with Gasteiger partial charge in [-0.1, -0.05) is 0 Å². The number of urea groups is 1. The Labute approximate surface area is 121 Å². The molecule has 1 atom stereocenters. The standard InChI is InChI=1S/C15H28N2O3/c1-2-20-14-8-12(9-14)5-6-16-15(19)17-7-3-4-13(10-17)11-18/h12-14,18H,2-11H2,1H3,(H,16,19)/t12?,13-,14?/m0/s1. The lowest BCUT2D eigenvalue weighted by Crippen LogP contribution is -2.46. The van der Waals surface area contributed by atoms with Crippen molar-refractivity contribution >= 4 is 6.03 Å². The molecule has 5 nitrogen and oxygen atoms in total. The predicted molar refractivity (Wildman–Crippen MR) is 77.5 cm³/mol. The number of piperidine rings is 1. The summed E-state index contributed by atoms with van der Waals surface area (Å²) in [5.74, 6) is 0.964. The fourth-order valence-corrected chi connectivity index (χ4v) is 3.18. The molecule has 2 rings (SSSR count). The number of rotatable bonds is 6. The third kappa shape index (κ3) is 4.35. The van der Waals surface area contributed by atoms with E-state index in [1.807, 2.05) is 11.8 Å². The highest BCUT2D eigenvalue weighted by Crippen LogP contribution is 2.32. The van der Waals surface area contributed by atoms with Crippen LogP contribution in [0.25, 0.3) is 0 Å². The smallest absolute Gasteiger partial charge is 0.317 e. The van der Waals surface area contributed by atoms with Gasteiger partial charge in [0.15, 0.2) is 0 Å². The van der Waals surface area contributed by atoms with Crippen LogP contribution in [0.4, 0.5) is 4.79 Å². The second-order valence-corrected chi connectivity index (χ2v) is 6.07. The molecule has 1 saturated carbocycles. The molecule has 116 valence electrons. The van der Waals surface area contributed by atoms with Gasteiger partial charge in [-0.15, -0.1) is 0 Å². The molecule has 0 aromatic carbocycles. The van der Waals surface area contributed by atoms with Gasteiger partial charge in [-0.25, -0.2) is 4.79 Å². The molecule has 0 aromatic rings. The molecule has 0 bridgehead atoms. The van der Waals surface area contributed by atoms with E-state index in [9.17, 15) is 9.90 Å². The van der Waals surface area contributed by atoms with Crippen molar-refractivity contribution in [2.24, 2.45) is 11.8 Å². The SMILES string of the molecule is CCOC1CC(CCNC(=O)N2CCC[C@H](CO)C2)C1. The summed E-state index contributed by atoms with van der Waals surface area (Å²) in [6.07, 6.45) is 5.80. The van der Waals surface area contributed by atoms with Crippen LogP contribution in [0, 0.1) is 11.8 Å². The molecular formula is C15H28N2O3. The average Bonchev–Trinajstić information content (AvgIpc) is 2.44. The summed E-state index contributed by atoms with van der Waals surface area (Å²) < 4.78 is 5.54. The minimum atomic E-state index is 0.0313. The maximum atomic E-state index is 12.0. The molecule has 1 aliphatic carbocycles. The fraction of sp³-hybridized carbons (Fsp3) is 0.933. The Morgan fingerprint density at radius 1 is 1.40 bits per heavy atom. The summed E-state index contributed by atoms with van der Waals surface area (Å²) in [4.78, 5) is 13.9. The first-order valence-corrected chi connectivity index (χ1v) is 7.98. The first-order chi connectivity index (χ1) is 9.72. The number of nitrogens with one attached hydrogen (secondary N) is 1. The Balaban J connectivity index is 1.56. The topological polar surface area (TPSA) is 61.8 Å². The molecule has 1 heterocycles. The van der Waals surface area contributed by atoms with Gasteiger partial charge >= 0.3 is 6.03 Å². The van der Waals surface area contributed by atoms with E-state index >= 15 is 0 Å². The second kappa shape index (κ2) is 7.84. The molecule has 1 aliphatic heterocycles. The Bertz CT molecular complexity index is 305. The van der Waals surface area contributed by atoms with E-state index in [4.69, 9.17) is 4.74 Å². The van der Waals surface area contributed by atoms with Crippen molar-refractivity contribution in [1.82, 2.24) is 10.2 Å². The Morgan fingerprint density at radius 2 is 2.20 bits per heavy atom. The third-order valence-corrected chi connectivity index (χ3v) is 4.49. The monoisotopic (exact) mass is 284 g/mol. The van der Waals surface area contributed by atoms with Crippen LogP contribution < -0.4 is 5.32 Å². The van der Waals surface area contributed by atoms with E-state index in [-0.39, 0.29) is 18.6 Å². The normalized spacial score (nSPS) is 29.9. The molecule has 0 spiro atoms. The van der Waals surface area contributed by atoms with Gasteiger partial charge in [-0.3, -0.25) is 0 Å². The number of hydrogen-bond donors (Lipinski definition) is 2.